The number of carbonyl (C=O) groups excluding carboxylic acids is 1. The van der Waals surface area contributed by atoms with Crippen LogP contribution in [0.3, 0.4) is 0 Å². The van der Waals surface area contributed by atoms with E-state index in [0.717, 1.165) is 6.07 Å². The van der Waals surface area contributed by atoms with Crippen LogP contribution in [0.2, 0.25) is 0 Å². The summed E-state index contributed by atoms with van der Waals surface area (Å²) in [6.07, 6.45) is -4.53. The first kappa shape index (κ1) is 20.6. The maximum atomic E-state index is 13.2. The molecule has 0 aliphatic heterocycles. The van der Waals surface area contributed by atoms with Crippen molar-refractivity contribution >= 4 is 22.4 Å². The van der Waals surface area contributed by atoms with Gasteiger partial charge >= 0.3 is 6.18 Å². The molecule has 0 fully saturated rings. The number of anilines is 1. The molecular weight excluding hydrogens is 383 g/mol. The van der Waals surface area contributed by atoms with Crippen molar-refractivity contribution in [3.05, 3.63) is 69.6 Å². The average Bonchev–Trinajstić information content (AvgIpc) is 2.64. The van der Waals surface area contributed by atoms with Gasteiger partial charge in [0.15, 0.2) is 5.69 Å². The summed E-state index contributed by atoms with van der Waals surface area (Å²) in [7, 11) is 0. The third kappa shape index (κ3) is 4.31. The summed E-state index contributed by atoms with van der Waals surface area (Å²) in [5, 5.41) is 7.34. The number of fused-ring (bicyclic) bond motifs is 1. The van der Waals surface area contributed by atoms with Gasteiger partial charge in [0.05, 0.1) is 10.9 Å². The maximum absolute atomic E-state index is 13.2. The van der Waals surface area contributed by atoms with Crippen molar-refractivity contribution in [3.63, 3.8) is 0 Å². The number of hydrogen-bond acceptors (Lipinski definition) is 3. The fraction of sp³-hybridized carbons (Fsp3) is 0.286. The Kier molecular flexibility index (Phi) is 5.46. The van der Waals surface area contributed by atoms with Crippen molar-refractivity contribution in [1.29, 1.82) is 0 Å². The standard InChI is InChI=1S/C21H20F3N3O2/c1-12(2)11-27-20(29)16-7-5-4-6-15(16)18(26-27)19(28)25-14-9-8-13(3)17(10-14)21(22,23)24/h4-10,12H,11H2,1-3H3,(H,25,28). The molecule has 8 heteroatoms. The summed E-state index contributed by atoms with van der Waals surface area (Å²) in [5.74, 6) is -0.570. The van der Waals surface area contributed by atoms with E-state index < -0.39 is 17.6 Å². The van der Waals surface area contributed by atoms with Crippen LogP contribution < -0.4 is 10.9 Å². The Morgan fingerprint density at radius 3 is 2.41 bits per heavy atom. The Labute approximate surface area is 165 Å². The van der Waals surface area contributed by atoms with Crippen LogP contribution >= 0.6 is 0 Å². The first-order valence-electron chi connectivity index (χ1n) is 9.07. The quantitative estimate of drug-likeness (QED) is 0.691. The zero-order valence-corrected chi connectivity index (χ0v) is 16.2. The molecule has 5 nitrogen and oxygen atoms in total. The number of carbonyl (C=O) groups is 1. The molecule has 2 aromatic carbocycles. The van der Waals surface area contributed by atoms with E-state index in [0.29, 0.717) is 17.3 Å². The van der Waals surface area contributed by atoms with Gasteiger partial charge in [0, 0.05) is 17.6 Å². The van der Waals surface area contributed by atoms with Gasteiger partial charge in [0.2, 0.25) is 0 Å². The largest absolute Gasteiger partial charge is 0.416 e. The highest BCUT2D eigenvalue weighted by atomic mass is 19.4. The van der Waals surface area contributed by atoms with Crippen molar-refractivity contribution < 1.29 is 18.0 Å². The smallest absolute Gasteiger partial charge is 0.321 e. The molecule has 1 aromatic heterocycles. The summed E-state index contributed by atoms with van der Waals surface area (Å²) in [4.78, 5) is 25.5. The fourth-order valence-electron chi connectivity index (χ4n) is 3.07. The number of nitrogens with one attached hydrogen (secondary N) is 1. The second-order valence-corrected chi connectivity index (χ2v) is 7.26. The van der Waals surface area contributed by atoms with Crippen LogP contribution in [0.25, 0.3) is 10.8 Å². The number of rotatable bonds is 4. The van der Waals surface area contributed by atoms with Gasteiger partial charge in [-0.25, -0.2) is 4.68 Å². The van der Waals surface area contributed by atoms with Gasteiger partial charge in [0.25, 0.3) is 11.5 Å². The number of aryl methyl sites for hydroxylation is 1. The summed E-state index contributed by atoms with van der Waals surface area (Å²) >= 11 is 0. The number of hydrogen-bond donors (Lipinski definition) is 1. The number of nitrogens with zero attached hydrogens (tertiary/aromatic N) is 2. The minimum absolute atomic E-state index is 0.000385. The molecule has 1 heterocycles. The van der Waals surface area contributed by atoms with E-state index in [2.05, 4.69) is 10.4 Å². The minimum atomic E-state index is -4.53. The van der Waals surface area contributed by atoms with Crippen LogP contribution in [-0.4, -0.2) is 15.7 Å². The Bertz CT molecular complexity index is 1130. The Hall–Kier alpha value is -3.16. The zero-order valence-electron chi connectivity index (χ0n) is 16.2. The lowest BCUT2D eigenvalue weighted by Crippen LogP contribution is -2.29. The highest BCUT2D eigenvalue weighted by Gasteiger charge is 2.32. The van der Waals surface area contributed by atoms with E-state index >= 15 is 0 Å². The number of alkyl halides is 3. The SMILES string of the molecule is Cc1ccc(NC(=O)c2nn(CC(C)C)c(=O)c3ccccc23)cc1C(F)(F)F. The van der Waals surface area contributed by atoms with E-state index in [9.17, 15) is 22.8 Å². The summed E-state index contributed by atoms with van der Waals surface area (Å²) in [5.41, 5.74) is -1.10. The second-order valence-electron chi connectivity index (χ2n) is 7.26. The van der Waals surface area contributed by atoms with Gasteiger partial charge in [-0.3, -0.25) is 9.59 Å². The minimum Gasteiger partial charge on any atom is -0.321 e. The maximum Gasteiger partial charge on any atom is 0.416 e. The molecule has 0 radical (unpaired) electrons. The molecule has 29 heavy (non-hydrogen) atoms. The van der Waals surface area contributed by atoms with Crippen LogP contribution in [0.1, 0.15) is 35.5 Å². The molecule has 0 spiro atoms. The number of halogens is 3. The predicted molar refractivity (Wildman–Crippen MR) is 105 cm³/mol. The first-order chi connectivity index (χ1) is 13.6. The van der Waals surface area contributed by atoms with Gasteiger partial charge < -0.3 is 5.32 Å². The van der Waals surface area contributed by atoms with Crippen molar-refractivity contribution in [1.82, 2.24) is 9.78 Å². The predicted octanol–water partition coefficient (Wildman–Crippen LogP) is 4.63. The van der Waals surface area contributed by atoms with E-state index in [1.165, 1.54) is 23.7 Å². The second kappa shape index (κ2) is 7.69. The summed E-state index contributed by atoms with van der Waals surface area (Å²) < 4.78 is 40.7. The van der Waals surface area contributed by atoms with Gasteiger partial charge in [-0.05, 0) is 36.6 Å². The molecule has 0 atom stereocenters. The third-order valence-electron chi connectivity index (χ3n) is 4.42. The van der Waals surface area contributed by atoms with E-state index in [-0.39, 0.29) is 28.4 Å². The molecule has 1 amide bonds. The lowest BCUT2D eigenvalue weighted by molar-refractivity contribution is -0.138. The molecule has 0 saturated carbocycles. The molecule has 0 bridgehead atoms. The lowest BCUT2D eigenvalue weighted by Gasteiger charge is -2.14. The van der Waals surface area contributed by atoms with E-state index in [4.69, 9.17) is 0 Å². The Morgan fingerprint density at radius 1 is 1.14 bits per heavy atom. The van der Waals surface area contributed by atoms with Gasteiger partial charge in [-0.1, -0.05) is 38.1 Å². The van der Waals surface area contributed by atoms with Gasteiger partial charge in [-0.2, -0.15) is 18.3 Å². The molecule has 3 aromatic rings. The highest BCUT2D eigenvalue weighted by Crippen LogP contribution is 2.33. The molecule has 1 N–H and O–H groups in total. The number of benzene rings is 2. The van der Waals surface area contributed by atoms with Gasteiger partial charge in [-0.15, -0.1) is 0 Å². The molecule has 3 rings (SSSR count). The average molecular weight is 403 g/mol. The monoisotopic (exact) mass is 403 g/mol. The fourth-order valence-corrected chi connectivity index (χ4v) is 3.07. The van der Waals surface area contributed by atoms with Crippen molar-refractivity contribution in [2.45, 2.75) is 33.5 Å². The number of aromatic nitrogens is 2. The van der Waals surface area contributed by atoms with Crippen molar-refractivity contribution in [3.8, 4) is 0 Å². The lowest BCUT2D eigenvalue weighted by atomic mass is 10.1. The van der Waals surface area contributed by atoms with Crippen LogP contribution in [0, 0.1) is 12.8 Å². The Morgan fingerprint density at radius 2 is 1.79 bits per heavy atom. The first-order valence-corrected chi connectivity index (χ1v) is 9.07. The van der Waals surface area contributed by atoms with Crippen LogP contribution in [0.15, 0.2) is 47.3 Å². The van der Waals surface area contributed by atoms with Crippen LogP contribution in [0.4, 0.5) is 18.9 Å². The molecule has 0 unspecified atom stereocenters. The van der Waals surface area contributed by atoms with Crippen LogP contribution in [0.5, 0.6) is 0 Å². The normalized spacial score (nSPS) is 11.8. The number of amides is 1. The molecule has 0 saturated heterocycles. The van der Waals surface area contributed by atoms with Crippen LogP contribution in [-0.2, 0) is 12.7 Å². The Balaban J connectivity index is 2.06. The summed E-state index contributed by atoms with van der Waals surface area (Å²) in [6.45, 7) is 5.49. The molecule has 0 aliphatic rings. The zero-order chi connectivity index (χ0) is 21.3. The molecule has 0 aliphatic carbocycles. The van der Waals surface area contributed by atoms with Crippen molar-refractivity contribution in [2.24, 2.45) is 5.92 Å². The topological polar surface area (TPSA) is 64.0 Å². The van der Waals surface area contributed by atoms with E-state index in [1.54, 1.807) is 24.3 Å². The third-order valence-corrected chi connectivity index (χ3v) is 4.42. The molecular formula is C21H20F3N3O2. The molecule has 152 valence electrons. The van der Waals surface area contributed by atoms with Gasteiger partial charge in [0.1, 0.15) is 0 Å². The summed E-state index contributed by atoms with van der Waals surface area (Å²) in [6, 6.07) is 10.1. The highest BCUT2D eigenvalue weighted by molar-refractivity contribution is 6.11. The van der Waals surface area contributed by atoms with Crippen molar-refractivity contribution in [2.75, 3.05) is 5.32 Å². The van der Waals surface area contributed by atoms with E-state index in [1.807, 2.05) is 13.8 Å².